The molecule has 0 spiro atoms. The fourth-order valence-corrected chi connectivity index (χ4v) is 6.63. The normalized spacial score (nSPS) is 12.9. The molecular formula is C28H21Cl2N5OS2. The van der Waals surface area contributed by atoms with Crippen molar-refractivity contribution < 1.29 is 4.79 Å². The van der Waals surface area contributed by atoms with Gasteiger partial charge in [0.05, 0.1) is 21.5 Å². The van der Waals surface area contributed by atoms with Gasteiger partial charge in [0, 0.05) is 24.0 Å². The number of hydrogen-bond acceptors (Lipinski definition) is 6. The van der Waals surface area contributed by atoms with Gasteiger partial charge in [0.1, 0.15) is 10.7 Å². The lowest BCUT2D eigenvalue weighted by atomic mass is 10.00. The summed E-state index contributed by atoms with van der Waals surface area (Å²) in [4.78, 5) is 19.7. The Hall–Kier alpha value is -3.17. The molecule has 0 fully saturated rings. The SMILES string of the molecule is O=C(c1csc(CSc2nnc(-c3ccccc3Cl)n2-c2ccccc2Cl)n1)N1CCc2ccccc2C1. The number of amides is 1. The number of nitrogens with zero attached hydrogens (tertiary/aromatic N) is 5. The molecule has 10 heteroatoms. The van der Waals surface area contributed by atoms with Crippen molar-refractivity contribution in [3.05, 3.63) is 110 Å². The molecule has 2 aromatic heterocycles. The van der Waals surface area contributed by atoms with Crippen molar-refractivity contribution in [3.63, 3.8) is 0 Å². The average molecular weight is 579 g/mol. The van der Waals surface area contributed by atoms with Crippen LogP contribution >= 0.6 is 46.3 Å². The first kappa shape index (κ1) is 25.1. The molecule has 190 valence electrons. The molecule has 0 N–H and O–H groups in total. The fourth-order valence-electron chi connectivity index (χ4n) is 4.46. The second-order valence-corrected chi connectivity index (χ2v) is 11.4. The standard InChI is InChI=1S/C28H21Cl2N5OS2/c29-21-10-4-3-9-20(21)26-32-33-28(35(26)24-12-6-5-11-22(24)30)38-17-25-31-23(16-37-25)27(36)34-14-13-18-7-1-2-8-19(18)15-34/h1-12,16H,13-15,17H2. The molecule has 0 atom stereocenters. The Morgan fingerprint density at radius 1 is 0.921 bits per heavy atom. The lowest BCUT2D eigenvalue weighted by molar-refractivity contribution is 0.0729. The molecule has 1 aliphatic heterocycles. The van der Waals surface area contributed by atoms with Crippen LogP contribution in [-0.2, 0) is 18.7 Å². The summed E-state index contributed by atoms with van der Waals surface area (Å²) in [5.41, 5.74) is 4.52. The van der Waals surface area contributed by atoms with E-state index in [0.717, 1.165) is 22.7 Å². The van der Waals surface area contributed by atoms with E-state index in [0.29, 0.717) is 45.6 Å². The van der Waals surface area contributed by atoms with Gasteiger partial charge in [-0.2, -0.15) is 0 Å². The molecule has 0 unspecified atom stereocenters. The summed E-state index contributed by atoms with van der Waals surface area (Å²) in [6.07, 6.45) is 0.861. The number of para-hydroxylation sites is 1. The fraction of sp³-hybridized carbons (Fsp3) is 0.143. The molecule has 0 radical (unpaired) electrons. The Morgan fingerprint density at radius 3 is 2.47 bits per heavy atom. The number of rotatable bonds is 6. The first-order valence-electron chi connectivity index (χ1n) is 12.0. The first-order valence-corrected chi connectivity index (χ1v) is 14.6. The molecule has 38 heavy (non-hydrogen) atoms. The smallest absolute Gasteiger partial charge is 0.273 e. The molecule has 0 bridgehead atoms. The number of carbonyl (C=O) groups is 1. The minimum atomic E-state index is -0.0350. The predicted molar refractivity (Wildman–Crippen MR) is 153 cm³/mol. The van der Waals surface area contributed by atoms with Crippen LogP contribution in [0.5, 0.6) is 0 Å². The Morgan fingerprint density at radius 2 is 1.66 bits per heavy atom. The van der Waals surface area contributed by atoms with Gasteiger partial charge in [-0.15, -0.1) is 21.5 Å². The van der Waals surface area contributed by atoms with Crippen LogP contribution < -0.4 is 0 Å². The monoisotopic (exact) mass is 577 g/mol. The van der Waals surface area contributed by atoms with Gasteiger partial charge >= 0.3 is 0 Å². The maximum Gasteiger partial charge on any atom is 0.273 e. The lowest BCUT2D eigenvalue weighted by Crippen LogP contribution is -2.36. The van der Waals surface area contributed by atoms with Crippen molar-refractivity contribution in [1.82, 2.24) is 24.6 Å². The van der Waals surface area contributed by atoms with Crippen LogP contribution in [-0.4, -0.2) is 37.1 Å². The summed E-state index contributed by atoms with van der Waals surface area (Å²) >= 11 is 16.0. The Labute approximate surface area is 238 Å². The largest absolute Gasteiger partial charge is 0.333 e. The molecule has 6 nitrogen and oxygen atoms in total. The molecule has 3 aromatic carbocycles. The van der Waals surface area contributed by atoms with Crippen molar-refractivity contribution in [2.24, 2.45) is 0 Å². The third-order valence-electron chi connectivity index (χ3n) is 6.35. The van der Waals surface area contributed by atoms with Gasteiger partial charge in [0.15, 0.2) is 11.0 Å². The van der Waals surface area contributed by atoms with E-state index in [4.69, 9.17) is 23.2 Å². The molecule has 1 aliphatic rings. The highest BCUT2D eigenvalue weighted by Crippen LogP contribution is 2.35. The zero-order valence-corrected chi connectivity index (χ0v) is 23.2. The number of benzene rings is 3. The third-order valence-corrected chi connectivity index (χ3v) is 8.98. The number of thioether (sulfide) groups is 1. The van der Waals surface area contributed by atoms with Crippen molar-refractivity contribution in [2.75, 3.05) is 6.54 Å². The van der Waals surface area contributed by atoms with E-state index >= 15 is 0 Å². The second kappa shape index (κ2) is 10.9. The Bertz CT molecular complexity index is 1630. The maximum atomic E-state index is 13.2. The summed E-state index contributed by atoms with van der Waals surface area (Å²) < 4.78 is 1.92. The summed E-state index contributed by atoms with van der Waals surface area (Å²) in [6, 6.07) is 23.4. The van der Waals surface area contributed by atoms with E-state index in [-0.39, 0.29) is 5.91 Å². The molecule has 0 saturated carbocycles. The van der Waals surface area contributed by atoms with E-state index in [1.165, 1.54) is 34.2 Å². The third kappa shape index (κ3) is 4.97. The predicted octanol–water partition coefficient (Wildman–Crippen LogP) is 7.19. The maximum absolute atomic E-state index is 13.2. The zero-order chi connectivity index (χ0) is 26.1. The highest BCUT2D eigenvalue weighted by Gasteiger charge is 2.24. The average Bonchev–Trinajstić information content (AvgIpc) is 3.59. The van der Waals surface area contributed by atoms with Crippen molar-refractivity contribution in [1.29, 1.82) is 0 Å². The van der Waals surface area contributed by atoms with Gasteiger partial charge in [0.25, 0.3) is 5.91 Å². The highest BCUT2D eigenvalue weighted by atomic mass is 35.5. The van der Waals surface area contributed by atoms with Gasteiger partial charge in [0.2, 0.25) is 0 Å². The molecule has 5 aromatic rings. The van der Waals surface area contributed by atoms with Crippen LogP contribution in [0.3, 0.4) is 0 Å². The van der Waals surface area contributed by atoms with Crippen molar-refractivity contribution in [2.45, 2.75) is 23.9 Å². The number of carbonyl (C=O) groups excluding carboxylic acids is 1. The lowest BCUT2D eigenvalue weighted by Gasteiger charge is -2.28. The number of fused-ring (bicyclic) bond motifs is 1. The number of aromatic nitrogens is 4. The molecule has 0 saturated heterocycles. The summed E-state index contributed by atoms with van der Waals surface area (Å²) in [7, 11) is 0. The van der Waals surface area contributed by atoms with Crippen LogP contribution in [0, 0.1) is 0 Å². The van der Waals surface area contributed by atoms with Crippen LogP contribution in [0.2, 0.25) is 10.0 Å². The van der Waals surface area contributed by atoms with Gasteiger partial charge in [-0.25, -0.2) is 4.98 Å². The molecule has 6 rings (SSSR count). The minimum absolute atomic E-state index is 0.0350. The zero-order valence-electron chi connectivity index (χ0n) is 20.1. The number of halogens is 2. The van der Waals surface area contributed by atoms with E-state index in [9.17, 15) is 4.79 Å². The molecular weight excluding hydrogens is 557 g/mol. The Balaban J connectivity index is 1.23. The van der Waals surface area contributed by atoms with Gasteiger partial charge in [-0.3, -0.25) is 9.36 Å². The highest BCUT2D eigenvalue weighted by molar-refractivity contribution is 7.98. The van der Waals surface area contributed by atoms with Crippen LogP contribution in [0.4, 0.5) is 0 Å². The number of hydrogen-bond donors (Lipinski definition) is 0. The van der Waals surface area contributed by atoms with Crippen LogP contribution in [0.1, 0.15) is 26.6 Å². The van der Waals surface area contributed by atoms with Gasteiger partial charge in [-0.05, 0) is 41.8 Å². The van der Waals surface area contributed by atoms with Crippen LogP contribution in [0.15, 0.2) is 83.3 Å². The first-order chi connectivity index (χ1) is 18.6. The Kier molecular flexibility index (Phi) is 7.21. The topological polar surface area (TPSA) is 63.9 Å². The molecule has 3 heterocycles. The summed E-state index contributed by atoms with van der Waals surface area (Å²) in [5, 5.41) is 13.4. The second-order valence-electron chi connectivity index (χ2n) is 8.73. The van der Waals surface area contributed by atoms with Gasteiger partial charge in [-0.1, -0.05) is 83.5 Å². The molecule has 1 amide bonds. The van der Waals surface area contributed by atoms with E-state index < -0.39 is 0 Å². The minimum Gasteiger partial charge on any atom is -0.333 e. The van der Waals surface area contributed by atoms with E-state index in [1.807, 2.05) is 75.5 Å². The summed E-state index contributed by atoms with van der Waals surface area (Å²) in [5.74, 6) is 1.10. The van der Waals surface area contributed by atoms with E-state index in [1.54, 1.807) is 0 Å². The molecule has 0 aliphatic carbocycles. The summed E-state index contributed by atoms with van der Waals surface area (Å²) in [6.45, 7) is 1.31. The van der Waals surface area contributed by atoms with E-state index in [2.05, 4.69) is 27.3 Å². The van der Waals surface area contributed by atoms with Crippen LogP contribution in [0.25, 0.3) is 17.1 Å². The van der Waals surface area contributed by atoms with Gasteiger partial charge < -0.3 is 4.90 Å². The van der Waals surface area contributed by atoms with Crippen molar-refractivity contribution in [3.8, 4) is 17.1 Å². The quantitative estimate of drug-likeness (QED) is 0.200. The van der Waals surface area contributed by atoms with Crippen molar-refractivity contribution >= 4 is 52.2 Å². The number of thiazole rings is 1.